The number of hydrogen-bond donors (Lipinski definition) is 2. The van der Waals surface area contributed by atoms with Crippen LogP contribution in [0.25, 0.3) is 0 Å². The van der Waals surface area contributed by atoms with E-state index in [9.17, 15) is 9.59 Å². The zero-order chi connectivity index (χ0) is 23.8. The third kappa shape index (κ3) is 6.93. The van der Waals surface area contributed by atoms with Crippen LogP contribution in [0.2, 0.25) is 10.0 Å². The zero-order valence-corrected chi connectivity index (χ0v) is 20.4. The number of carbonyl (C=O) groups excluding carboxylic acids is 2. The van der Waals surface area contributed by atoms with Gasteiger partial charge in [0.25, 0.3) is 0 Å². The Labute approximate surface area is 199 Å². The van der Waals surface area contributed by atoms with Crippen molar-refractivity contribution in [2.45, 2.75) is 26.3 Å². The van der Waals surface area contributed by atoms with Crippen LogP contribution in [0.1, 0.15) is 19.4 Å². The summed E-state index contributed by atoms with van der Waals surface area (Å²) in [5.74, 6) is 1.01. The Morgan fingerprint density at radius 2 is 1.69 bits per heavy atom. The van der Waals surface area contributed by atoms with Crippen molar-refractivity contribution in [3.05, 3.63) is 52.0 Å². The highest BCUT2D eigenvalue weighted by atomic mass is 35.5. The molecule has 7 nitrogen and oxygen atoms in total. The molecule has 2 aromatic rings. The van der Waals surface area contributed by atoms with Gasteiger partial charge in [-0.1, -0.05) is 43.1 Å². The van der Waals surface area contributed by atoms with Gasteiger partial charge in [0.05, 0.1) is 24.3 Å². The Balaban J connectivity index is 1.99. The van der Waals surface area contributed by atoms with Crippen LogP contribution in [0.4, 0.5) is 10.5 Å². The molecule has 32 heavy (non-hydrogen) atoms. The fraction of sp³-hybridized carbons (Fsp3) is 0.391. The van der Waals surface area contributed by atoms with Gasteiger partial charge in [-0.15, -0.1) is 0 Å². The summed E-state index contributed by atoms with van der Waals surface area (Å²) in [5, 5.41) is 6.16. The summed E-state index contributed by atoms with van der Waals surface area (Å²) >= 11 is 11.9. The van der Waals surface area contributed by atoms with Gasteiger partial charge in [-0.25, -0.2) is 4.79 Å². The first-order valence-electron chi connectivity index (χ1n) is 10.1. The number of nitrogens with one attached hydrogen (secondary N) is 2. The molecule has 174 valence electrons. The summed E-state index contributed by atoms with van der Waals surface area (Å²) in [7, 11) is 4.89. The zero-order valence-electron chi connectivity index (χ0n) is 18.9. The first-order chi connectivity index (χ1) is 15.2. The Hall–Kier alpha value is -2.64. The van der Waals surface area contributed by atoms with E-state index in [0.717, 1.165) is 5.56 Å². The minimum absolute atomic E-state index is 0.106. The number of nitrogens with zero attached hydrogens (tertiary/aromatic N) is 1. The van der Waals surface area contributed by atoms with Gasteiger partial charge in [0.15, 0.2) is 11.5 Å². The lowest BCUT2D eigenvalue weighted by molar-refractivity contribution is -0.132. The number of methoxy groups -OCH3 is 2. The van der Waals surface area contributed by atoms with Crippen LogP contribution in [0.3, 0.4) is 0 Å². The number of hydrogen-bond acceptors (Lipinski definition) is 4. The van der Waals surface area contributed by atoms with Crippen LogP contribution in [-0.4, -0.2) is 50.7 Å². The van der Waals surface area contributed by atoms with Gasteiger partial charge in [0.1, 0.15) is 6.04 Å². The summed E-state index contributed by atoms with van der Waals surface area (Å²) in [6.07, 6.45) is 0.628. The fourth-order valence-electron chi connectivity index (χ4n) is 3.08. The van der Waals surface area contributed by atoms with E-state index in [1.807, 2.05) is 32.0 Å². The monoisotopic (exact) mass is 481 g/mol. The highest BCUT2D eigenvalue weighted by molar-refractivity contribution is 6.42. The number of ether oxygens (including phenoxy) is 2. The van der Waals surface area contributed by atoms with E-state index in [4.69, 9.17) is 32.7 Å². The molecule has 9 heteroatoms. The molecule has 0 aliphatic carbocycles. The Bertz CT molecular complexity index is 953. The topological polar surface area (TPSA) is 79.9 Å². The van der Waals surface area contributed by atoms with Gasteiger partial charge >= 0.3 is 6.03 Å². The lowest BCUT2D eigenvalue weighted by Crippen LogP contribution is -2.51. The minimum Gasteiger partial charge on any atom is -0.493 e. The standard InChI is InChI=1S/C23H29Cl2N3O4/c1-14(2)21(27-23(30)26-16-7-8-17(24)18(25)13-16)22(29)28(3)11-10-15-6-9-19(31-4)20(12-15)32-5/h6-9,12-14,21H,10-11H2,1-5H3,(H2,26,27,30). The van der Waals surface area contributed by atoms with Crippen molar-refractivity contribution in [2.75, 3.05) is 33.1 Å². The second-order valence-electron chi connectivity index (χ2n) is 7.65. The first-order valence-corrected chi connectivity index (χ1v) is 10.9. The Morgan fingerprint density at radius 3 is 2.28 bits per heavy atom. The van der Waals surface area contributed by atoms with Gasteiger partial charge in [0.2, 0.25) is 5.91 Å². The predicted octanol–water partition coefficient (Wildman–Crippen LogP) is 4.86. The third-order valence-electron chi connectivity index (χ3n) is 4.96. The molecule has 0 aliphatic heterocycles. The maximum Gasteiger partial charge on any atom is 0.319 e. The average molecular weight is 482 g/mol. The van der Waals surface area contributed by atoms with Crippen molar-refractivity contribution in [1.29, 1.82) is 0 Å². The molecule has 0 saturated carbocycles. The smallest absolute Gasteiger partial charge is 0.319 e. The molecule has 0 aliphatic rings. The minimum atomic E-state index is -0.687. The molecule has 1 atom stereocenters. The number of halogens is 2. The second-order valence-corrected chi connectivity index (χ2v) is 8.46. The predicted molar refractivity (Wildman–Crippen MR) is 128 cm³/mol. The van der Waals surface area contributed by atoms with Crippen molar-refractivity contribution in [3.63, 3.8) is 0 Å². The summed E-state index contributed by atoms with van der Waals surface area (Å²) in [6.45, 7) is 4.24. The van der Waals surface area contributed by atoms with Crippen molar-refractivity contribution in [1.82, 2.24) is 10.2 Å². The molecule has 2 N–H and O–H groups in total. The molecule has 0 aromatic heterocycles. The van der Waals surface area contributed by atoms with Crippen LogP contribution in [0.5, 0.6) is 11.5 Å². The highest BCUT2D eigenvalue weighted by Crippen LogP contribution is 2.28. The number of carbonyl (C=O) groups is 2. The summed E-state index contributed by atoms with van der Waals surface area (Å²) in [6, 6.07) is 9.24. The maximum absolute atomic E-state index is 13.0. The third-order valence-corrected chi connectivity index (χ3v) is 5.70. The van der Waals surface area contributed by atoms with Crippen molar-refractivity contribution in [2.24, 2.45) is 5.92 Å². The Kier molecular flexibility index (Phi) is 9.47. The molecule has 0 saturated heterocycles. The summed E-state index contributed by atoms with van der Waals surface area (Å²) in [5.41, 5.74) is 1.49. The second kappa shape index (κ2) is 11.8. The lowest BCUT2D eigenvalue weighted by Gasteiger charge is -2.27. The number of likely N-dealkylation sites (N-methyl/N-ethyl adjacent to an activating group) is 1. The van der Waals surface area contributed by atoms with Gasteiger partial charge in [-0.2, -0.15) is 0 Å². The SMILES string of the molecule is COc1ccc(CCN(C)C(=O)C(NC(=O)Nc2ccc(Cl)c(Cl)c2)C(C)C)cc1OC. The van der Waals surface area contributed by atoms with Crippen molar-refractivity contribution < 1.29 is 19.1 Å². The number of amides is 3. The molecule has 0 bridgehead atoms. The molecule has 2 aromatic carbocycles. The number of benzene rings is 2. The maximum atomic E-state index is 13.0. The fourth-order valence-corrected chi connectivity index (χ4v) is 3.37. The van der Waals surface area contributed by atoms with E-state index in [1.165, 1.54) is 0 Å². The molecular weight excluding hydrogens is 453 g/mol. The first kappa shape index (κ1) is 25.6. The molecule has 0 spiro atoms. The van der Waals surface area contributed by atoms with E-state index < -0.39 is 12.1 Å². The molecular formula is C23H29Cl2N3O4. The van der Waals surface area contributed by atoms with E-state index in [-0.39, 0.29) is 11.8 Å². The quantitative estimate of drug-likeness (QED) is 0.535. The molecule has 0 heterocycles. The van der Waals surface area contributed by atoms with Gasteiger partial charge < -0.3 is 25.0 Å². The highest BCUT2D eigenvalue weighted by Gasteiger charge is 2.27. The normalized spacial score (nSPS) is 11.6. The average Bonchev–Trinajstić information content (AvgIpc) is 2.77. The molecule has 0 radical (unpaired) electrons. The van der Waals surface area contributed by atoms with Gasteiger partial charge in [-0.3, -0.25) is 4.79 Å². The summed E-state index contributed by atoms with van der Waals surface area (Å²) in [4.78, 5) is 27.1. The van der Waals surface area contributed by atoms with E-state index in [2.05, 4.69) is 10.6 Å². The largest absolute Gasteiger partial charge is 0.493 e. The Morgan fingerprint density at radius 1 is 1.00 bits per heavy atom. The van der Waals surface area contributed by atoms with Gasteiger partial charge in [0, 0.05) is 19.3 Å². The van der Waals surface area contributed by atoms with Crippen LogP contribution < -0.4 is 20.1 Å². The lowest BCUT2D eigenvalue weighted by atomic mass is 10.0. The van der Waals surface area contributed by atoms with Crippen molar-refractivity contribution >= 4 is 40.8 Å². The molecule has 2 rings (SSSR count). The van der Waals surface area contributed by atoms with Crippen LogP contribution in [0.15, 0.2) is 36.4 Å². The molecule has 0 fully saturated rings. The van der Waals surface area contributed by atoms with Gasteiger partial charge in [-0.05, 0) is 48.2 Å². The number of rotatable bonds is 9. The number of anilines is 1. The van der Waals surface area contributed by atoms with Crippen LogP contribution >= 0.6 is 23.2 Å². The van der Waals surface area contributed by atoms with E-state index >= 15 is 0 Å². The van der Waals surface area contributed by atoms with Crippen LogP contribution in [-0.2, 0) is 11.2 Å². The summed E-state index contributed by atoms with van der Waals surface area (Å²) < 4.78 is 10.6. The van der Waals surface area contributed by atoms with E-state index in [1.54, 1.807) is 44.4 Å². The van der Waals surface area contributed by atoms with E-state index in [0.29, 0.717) is 40.2 Å². The molecule has 1 unspecified atom stereocenters. The molecule has 3 amide bonds. The van der Waals surface area contributed by atoms with Crippen LogP contribution in [0, 0.1) is 5.92 Å². The van der Waals surface area contributed by atoms with Crippen molar-refractivity contribution in [3.8, 4) is 11.5 Å². The number of urea groups is 1.